The Morgan fingerprint density at radius 3 is 2.50 bits per heavy atom. The van der Waals surface area contributed by atoms with Crippen LogP contribution in [-0.4, -0.2) is 11.7 Å². The Morgan fingerprint density at radius 1 is 2.00 bits per heavy atom. The fourth-order valence-corrected chi connectivity index (χ4v) is 0.0645. The van der Waals surface area contributed by atoms with Gasteiger partial charge in [-0.3, -0.25) is 0 Å². The number of rotatable bonds is 2. The van der Waals surface area contributed by atoms with E-state index in [1.54, 1.807) is 6.08 Å². The predicted molar refractivity (Wildman–Crippen MR) is 26.2 cm³/mol. The van der Waals surface area contributed by atoms with Gasteiger partial charge in [0.1, 0.15) is 6.61 Å². The van der Waals surface area contributed by atoms with E-state index in [0.29, 0.717) is 0 Å². The van der Waals surface area contributed by atoms with Crippen LogP contribution in [0.4, 0.5) is 0 Å². The molecule has 0 fully saturated rings. The second-order valence-electron chi connectivity index (χ2n) is 1.21. The summed E-state index contributed by atoms with van der Waals surface area (Å²) in [5, 5.41) is 8.23. The first-order valence-corrected chi connectivity index (χ1v) is 1.87. The third kappa shape index (κ3) is 1.85. The molecule has 0 unspecified atom stereocenters. The molecule has 0 saturated carbocycles. The van der Waals surface area contributed by atoms with Crippen molar-refractivity contribution in [1.29, 1.82) is 0 Å². The molecular weight excluding hydrogens is 76.1 g/mol. The molecule has 6 heavy (non-hydrogen) atoms. The van der Waals surface area contributed by atoms with Gasteiger partial charge in [-0.05, 0) is 0 Å². The van der Waals surface area contributed by atoms with Crippen LogP contribution in [0.25, 0.3) is 0 Å². The van der Waals surface area contributed by atoms with E-state index in [-0.39, 0.29) is 6.61 Å². The molecule has 0 spiro atoms. The summed E-state index contributed by atoms with van der Waals surface area (Å²) >= 11 is 0. The van der Waals surface area contributed by atoms with E-state index in [9.17, 15) is 0 Å². The number of hydrogen-bond acceptors (Lipinski definition) is 1. The summed E-state index contributed by atoms with van der Waals surface area (Å²) in [4.78, 5) is 0. The molecule has 0 rings (SSSR count). The Morgan fingerprint density at radius 2 is 2.50 bits per heavy atom. The molecule has 1 nitrogen and oxygen atoms in total. The first-order chi connectivity index (χ1) is 2.81. The molecule has 0 amide bonds. The molecular formula is C5H9O+. The summed E-state index contributed by atoms with van der Waals surface area (Å²) in [6, 6.07) is 0. The lowest BCUT2D eigenvalue weighted by atomic mass is 10.2. The highest BCUT2D eigenvalue weighted by Gasteiger charge is 1.95. The van der Waals surface area contributed by atoms with Crippen LogP contribution in [0, 0.1) is 5.92 Å². The highest BCUT2D eigenvalue weighted by atomic mass is 16.3. The fourth-order valence-electron chi connectivity index (χ4n) is 0.0645. The SMILES string of the molecule is C=C[C+](C)CO. The van der Waals surface area contributed by atoms with Gasteiger partial charge in [0.05, 0.1) is 12.0 Å². The van der Waals surface area contributed by atoms with E-state index in [1.165, 1.54) is 0 Å². The van der Waals surface area contributed by atoms with Crippen molar-refractivity contribution in [3.8, 4) is 0 Å². The zero-order chi connectivity index (χ0) is 4.99. The van der Waals surface area contributed by atoms with Crippen molar-refractivity contribution in [2.24, 2.45) is 0 Å². The average Bonchev–Trinajstić information content (AvgIpc) is 1.65. The second-order valence-corrected chi connectivity index (χ2v) is 1.21. The van der Waals surface area contributed by atoms with Crippen molar-refractivity contribution in [1.82, 2.24) is 0 Å². The maximum absolute atomic E-state index is 8.23. The highest BCUT2D eigenvalue weighted by Crippen LogP contribution is 1.92. The van der Waals surface area contributed by atoms with Gasteiger partial charge in [0.2, 0.25) is 0 Å². The van der Waals surface area contributed by atoms with Crippen molar-refractivity contribution >= 4 is 0 Å². The number of hydrogen-bond donors (Lipinski definition) is 1. The quantitative estimate of drug-likeness (QED) is 0.491. The largest absolute Gasteiger partial charge is 0.373 e. The predicted octanol–water partition coefficient (Wildman–Crippen LogP) is 0.759. The molecule has 34 valence electrons. The lowest BCUT2D eigenvalue weighted by molar-refractivity contribution is 0.316. The van der Waals surface area contributed by atoms with E-state index < -0.39 is 0 Å². The van der Waals surface area contributed by atoms with Crippen molar-refractivity contribution in [3.05, 3.63) is 18.6 Å². The minimum atomic E-state index is 0.128. The monoisotopic (exact) mass is 85.1 g/mol. The van der Waals surface area contributed by atoms with Gasteiger partial charge < -0.3 is 5.11 Å². The zero-order valence-corrected chi connectivity index (χ0v) is 3.94. The zero-order valence-electron chi connectivity index (χ0n) is 3.94. The van der Waals surface area contributed by atoms with Crippen LogP contribution in [0.1, 0.15) is 6.92 Å². The van der Waals surface area contributed by atoms with E-state index in [2.05, 4.69) is 6.58 Å². The van der Waals surface area contributed by atoms with Crippen molar-refractivity contribution < 1.29 is 5.11 Å². The Kier molecular flexibility index (Phi) is 2.59. The summed E-state index contributed by atoms with van der Waals surface area (Å²) in [6.07, 6.45) is 1.64. The first-order valence-electron chi connectivity index (χ1n) is 1.87. The molecule has 0 bridgehead atoms. The van der Waals surface area contributed by atoms with Gasteiger partial charge in [-0.2, -0.15) is 0 Å². The van der Waals surface area contributed by atoms with E-state index >= 15 is 0 Å². The molecule has 1 heteroatoms. The Labute approximate surface area is 38.3 Å². The molecule has 0 aliphatic rings. The van der Waals surface area contributed by atoms with Gasteiger partial charge in [0.15, 0.2) is 0 Å². The second kappa shape index (κ2) is 2.79. The van der Waals surface area contributed by atoms with E-state index in [0.717, 1.165) is 5.92 Å². The molecule has 0 aromatic heterocycles. The standard InChI is InChI=1S/C5H9O/c1-3-5(2)4-6/h3,6H,1,4H2,2H3/q+1. The molecule has 0 heterocycles. The molecule has 0 aliphatic heterocycles. The van der Waals surface area contributed by atoms with Crippen LogP contribution in [-0.2, 0) is 0 Å². The maximum atomic E-state index is 8.23. The summed E-state index contributed by atoms with van der Waals surface area (Å²) in [7, 11) is 0. The summed E-state index contributed by atoms with van der Waals surface area (Å²) in [6.45, 7) is 5.39. The molecule has 0 saturated heterocycles. The maximum Gasteiger partial charge on any atom is 0.130 e. The third-order valence-corrected chi connectivity index (χ3v) is 0.598. The molecule has 0 aromatic carbocycles. The molecule has 0 atom stereocenters. The van der Waals surface area contributed by atoms with Crippen LogP contribution >= 0.6 is 0 Å². The van der Waals surface area contributed by atoms with Gasteiger partial charge in [0, 0.05) is 13.5 Å². The topological polar surface area (TPSA) is 20.2 Å². The van der Waals surface area contributed by atoms with Crippen LogP contribution in [0.5, 0.6) is 0 Å². The van der Waals surface area contributed by atoms with Gasteiger partial charge in [-0.15, -0.1) is 0 Å². The fraction of sp³-hybridized carbons (Fsp3) is 0.400. The summed E-state index contributed by atoms with van der Waals surface area (Å²) in [5.41, 5.74) is 0. The minimum absolute atomic E-state index is 0.128. The van der Waals surface area contributed by atoms with Crippen molar-refractivity contribution in [3.63, 3.8) is 0 Å². The Balaban J connectivity index is 2.96. The molecule has 0 aliphatic carbocycles. The number of aliphatic hydroxyl groups excluding tert-OH is 1. The van der Waals surface area contributed by atoms with Gasteiger partial charge in [0.25, 0.3) is 0 Å². The van der Waals surface area contributed by atoms with Crippen molar-refractivity contribution in [2.45, 2.75) is 6.92 Å². The Bertz CT molecular complexity index is 41.2. The van der Waals surface area contributed by atoms with Crippen LogP contribution in [0.2, 0.25) is 0 Å². The van der Waals surface area contributed by atoms with E-state index in [1.807, 2.05) is 6.92 Å². The van der Waals surface area contributed by atoms with Gasteiger partial charge in [-0.25, -0.2) is 0 Å². The lowest BCUT2D eigenvalue weighted by Crippen LogP contribution is -1.90. The summed E-state index contributed by atoms with van der Waals surface area (Å²) < 4.78 is 0. The van der Waals surface area contributed by atoms with Crippen LogP contribution < -0.4 is 0 Å². The molecule has 0 aromatic rings. The number of aliphatic hydroxyl groups is 1. The summed E-state index contributed by atoms with van der Waals surface area (Å²) in [5.74, 6) is 0.912. The minimum Gasteiger partial charge on any atom is -0.373 e. The van der Waals surface area contributed by atoms with E-state index in [4.69, 9.17) is 5.11 Å². The van der Waals surface area contributed by atoms with Crippen LogP contribution in [0.15, 0.2) is 12.7 Å². The van der Waals surface area contributed by atoms with Crippen molar-refractivity contribution in [2.75, 3.05) is 6.61 Å². The highest BCUT2D eigenvalue weighted by molar-refractivity contribution is 5.01. The van der Waals surface area contributed by atoms with Crippen LogP contribution in [0.3, 0.4) is 0 Å². The van der Waals surface area contributed by atoms with Gasteiger partial charge in [-0.1, -0.05) is 0 Å². The molecule has 1 N–H and O–H groups in total. The lowest BCUT2D eigenvalue weighted by Gasteiger charge is -1.84. The first kappa shape index (κ1) is 5.57. The third-order valence-electron chi connectivity index (χ3n) is 0.598. The molecule has 0 radical (unpaired) electrons. The smallest absolute Gasteiger partial charge is 0.130 e. The Hall–Kier alpha value is -0.430. The normalized spacial score (nSPS) is 7.67. The average molecular weight is 85.1 g/mol. The van der Waals surface area contributed by atoms with Gasteiger partial charge >= 0.3 is 0 Å².